The van der Waals surface area contributed by atoms with Crippen LogP contribution in [-0.4, -0.2) is 67.9 Å². The molecule has 1 aromatic carbocycles. The predicted molar refractivity (Wildman–Crippen MR) is 106 cm³/mol. The second-order valence-corrected chi connectivity index (χ2v) is 9.76. The Hall–Kier alpha value is -2.13. The molecule has 2 saturated heterocycles. The zero-order valence-corrected chi connectivity index (χ0v) is 17.7. The average molecular weight is 425 g/mol. The van der Waals surface area contributed by atoms with Crippen molar-refractivity contribution < 1.29 is 27.9 Å². The van der Waals surface area contributed by atoms with Crippen molar-refractivity contribution in [2.24, 2.45) is 11.8 Å². The summed E-state index contributed by atoms with van der Waals surface area (Å²) < 4.78 is 33.1. The number of sulfonamides is 1. The standard InChI is InChI=1S/C20H28N2O6S/c1-14-5-11-22(12-6-14)29(26,27)18-13-16(3-4-17(18)28-2)19(23)21-9-7-15(8-10-21)20(24)25/h3-4,13-15H,5-12H2,1-2H3,(H,24,25). The Morgan fingerprint density at radius 3 is 2.24 bits per heavy atom. The molecule has 0 spiro atoms. The Balaban J connectivity index is 1.83. The lowest BCUT2D eigenvalue weighted by atomic mass is 9.96. The highest BCUT2D eigenvalue weighted by molar-refractivity contribution is 7.89. The van der Waals surface area contributed by atoms with Crippen LogP contribution in [0.2, 0.25) is 0 Å². The smallest absolute Gasteiger partial charge is 0.306 e. The van der Waals surface area contributed by atoms with Gasteiger partial charge in [0.2, 0.25) is 10.0 Å². The SMILES string of the molecule is COc1ccc(C(=O)N2CCC(C(=O)O)CC2)cc1S(=O)(=O)N1CCC(C)CC1. The Kier molecular flexibility index (Phi) is 6.48. The number of carboxylic acids is 1. The average Bonchev–Trinajstić information content (AvgIpc) is 2.73. The Labute approximate surface area is 171 Å². The molecule has 2 fully saturated rings. The number of benzene rings is 1. The molecule has 1 N–H and O–H groups in total. The molecular formula is C20H28N2O6S. The van der Waals surface area contributed by atoms with Gasteiger partial charge in [-0.2, -0.15) is 4.31 Å². The van der Waals surface area contributed by atoms with Crippen molar-refractivity contribution in [1.82, 2.24) is 9.21 Å². The molecule has 1 amide bonds. The maximum atomic E-state index is 13.2. The van der Waals surface area contributed by atoms with Gasteiger partial charge in [-0.05, 0) is 49.8 Å². The van der Waals surface area contributed by atoms with E-state index in [1.807, 2.05) is 0 Å². The number of rotatable bonds is 5. The lowest BCUT2D eigenvalue weighted by Crippen LogP contribution is -2.40. The molecule has 2 heterocycles. The zero-order valence-electron chi connectivity index (χ0n) is 16.8. The number of hydrogen-bond donors (Lipinski definition) is 1. The first kappa shape index (κ1) is 21.6. The number of ether oxygens (including phenoxy) is 1. The summed E-state index contributed by atoms with van der Waals surface area (Å²) in [6, 6.07) is 4.45. The van der Waals surface area contributed by atoms with Gasteiger partial charge < -0.3 is 14.7 Å². The van der Waals surface area contributed by atoms with Gasteiger partial charge in [0.1, 0.15) is 10.6 Å². The molecule has 0 bridgehead atoms. The Morgan fingerprint density at radius 1 is 1.07 bits per heavy atom. The van der Waals surface area contributed by atoms with Crippen LogP contribution in [-0.2, 0) is 14.8 Å². The minimum atomic E-state index is -3.78. The molecule has 29 heavy (non-hydrogen) atoms. The normalized spacial score (nSPS) is 19.9. The second kappa shape index (κ2) is 8.71. The van der Waals surface area contributed by atoms with E-state index in [1.54, 1.807) is 11.0 Å². The van der Waals surface area contributed by atoms with Gasteiger partial charge in [-0.3, -0.25) is 9.59 Å². The molecule has 0 saturated carbocycles. The number of methoxy groups -OCH3 is 1. The summed E-state index contributed by atoms with van der Waals surface area (Å²) in [6.07, 6.45) is 2.40. The maximum Gasteiger partial charge on any atom is 0.306 e. The van der Waals surface area contributed by atoms with Crippen molar-refractivity contribution in [3.05, 3.63) is 23.8 Å². The molecule has 0 aromatic heterocycles. The fourth-order valence-electron chi connectivity index (χ4n) is 3.89. The summed E-state index contributed by atoms with van der Waals surface area (Å²) >= 11 is 0. The number of aliphatic carboxylic acids is 1. The Bertz CT molecular complexity index is 869. The highest BCUT2D eigenvalue weighted by Gasteiger charge is 2.32. The number of nitrogens with zero attached hydrogens (tertiary/aromatic N) is 2. The van der Waals surface area contributed by atoms with Crippen LogP contribution in [0, 0.1) is 11.8 Å². The number of likely N-dealkylation sites (tertiary alicyclic amines) is 1. The minimum absolute atomic E-state index is 0.000764. The van der Waals surface area contributed by atoms with E-state index in [0.29, 0.717) is 44.9 Å². The molecule has 1 aromatic rings. The molecule has 160 valence electrons. The van der Waals surface area contributed by atoms with E-state index in [1.165, 1.54) is 23.5 Å². The quantitative estimate of drug-likeness (QED) is 0.776. The van der Waals surface area contributed by atoms with Gasteiger partial charge in [-0.25, -0.2) is 8.42 Å². The van der Waals surface area contributed by atoms with Crippen LogP contribution in [0.3, 0.4) is 0 Å². The highest BCUT2D eigenvalue weighted by Crippen LogP contribution is 2.31. The summed E-state index contributed by atoms with van der Waals surface area (Å²) in [6.45, 7) is 3.69. The maximum absolute atomic E-state index is 13.2. The molecule has 2 aliphatic rings. The molecule has 9 heteroatoms. The molecule has 0 radical (unpaired) electrons. The van der Waals surface area contributed by atoms with Crippen LogP contribution in [0.4, 0.5) is 0 Å². The van der Waals surface area contributed by atoms with Gasteiger partial charge in [0, 0.05) is 31.7 Å². The molecular weight excluding hydrogens is 396 g/mol. The Morgan fingerprint density at radius 2 is 1.69 bits per heavy atom. The summed E-state index contributed by atoms with van der Waals surface area (Å²) in [4.78, 5) is 25.6. The first-order chi connectivity index (χ1) is 13.7. The second-order valence-electron chi connectivity index (χ2n) is 7.86. The number of hydrogen-bond acceptors (Lipinski definition) is 5. The molecule has 8 nitrogen and oxygen atoms in total. The third-order valence-corrected chi connectivity index (χ3v) is 7.82. The topological polar surface area (TPSA) is 104 Å². The molecule has 2 aliphatic heterocycles. The summed E-state index contributed by atoms with van der Waals surface area (Å²) in [5, 5.41) is 9.12. The number of amides is 1. The van der Waals surface area contributed by atoms with Gasteiger partial charge in [0.15, 0.2) is 0 Å². The number of carbonyl (C=O) groups excluding carboxylic acids is 1. The van der Waals surface area contributed by atoms with Gasteiger partial charge in [-0.15, -0.1) is 0 Å². The summed E-state index contributed by atoms with van der Waals surface area (Å²) in [5.74, 6) is -0.868. The van der Waals surface area contributed by atoms with Gasteiger partial charge >= 0.3 is 5.97 Å². The zero-order chi connectivity index (χ0) is 21.2. The van der Waals surface area contributed by atoms with Crippen LogP contribution in [0.5, 0.6) is 5.75 Å². The third-order valence-electron chi connectivity index (χ3n) is 5.90. The number of piperidine rings is 2. The van der Waals surface area contributed by atoms with Crippen molar-refractivity contribution in [2.45, 2.75) is 37.5 Å². The van der Waals surface area contributed by atoms with Gasteiger partial charge in [0.25, 0.3) is 5.91 Å². The van der Waals surface area contributed by atoms with E-state index < -0.39 is 21.9 Å². The fourth-order valence-corrected chi connectivity index (χ4v) is 5.54. The number of carbonyl (C=O) groups is 2. The van der Waals surface area contributed by atoms with Crippen LogP contribution in [0.25, 0.3) is 0 Å². The van der Waals surface area contributed by atoms with Crippen molar-refractivity contribution in [3.8, 4) is 5.75 Å². The molecule has 0 atom stereocenters. The van der Waals surface area contributed by atoms with E-state index in [2.05, 4.69) is 6.92 Å². The first-order valence-electron chi connectivity index (χ1n) is 9.94. The predicted octanol–water partition coefficient (Wildman–Crippen LogP) is 2.05. The van der Waals surface area contributed by atoms with E-state index in [4.69, 9.17) is 9.84 Å². The van der Waals surface area contributed by atoms with Crippen molar-refractivity contribution in [2.75, 3.05) is 33.3 Å². The number of carboxylic acid groups (broad SMARTS) is 1. The highest BCUT2D eigenvalue weighted by atomic mass is 32.2. The molecule has 0 aliphatic carbocycles. The van der Waals surface area contributed by atoms with E-state index >= 15 is 0 Å². The fraction of sp³-hybridized carbons (Fsp3) is 0.600. The van der Waals surface area contributed by atoms with Gasteiger partial charge in [0.05, 0.1) is 13.0 Å². The third kappa shape index (κ3) is 4.56. The molecule has 3 rings (SSSR count). The van der Waals surface area contributed by atoms with E-state index in [0.717, 1.165) is 12.8 Å². The molecule has 0 unspecified atom stereocenters. The van der Waals surface area contributed by atoms with E-state index in [9.17, 15) is 18.0 Å². The lowest BCUT2D eigenvalue weighted by molar-refractivity contribution is -0.143. The van der Waals surface area contributed by atoms with Crippen LogP contribution >= 0.6 is 0 Å². The summed E-state index contributed by atoms with van der Waals surface area (Å²) in [5.41, 5.74) is 0.267. The first-order valence-corrected chi connectivity index (χ1v) is 11.4. The largest absolute Gasteiger partial charge is 0.495 e. The van der Waals surface area contributed by atoms with Crippen LogP contribution in [0.1, 0.15) is 43.0 Å². The minimum Gasteiger partial charge on any atom is -0.495 e. The van der Waals surface area contributed by atoms with Gasteiger partial charge in [-0.1, -0.05) is 6.92 Å². The van der Waals surface area contributed by atoms with E-state index in [-0.39, 0.29) is 22.1 Å². The lowest BCUT2D eigenvalue weighted by Gasteiger charge is -2.31. The van der Waals surface area contributed by atoms with Crippen molar-refractivity contribution >= 4 is 21.9 Å². The van der Waals surface area contributed by atoms with Crippen LogP contribution < -0.4 is 4.74 Å². The van der Waals surface area contributed by atoms with Crippen molar-refractivity contribution in [3.63, 3.8) is 0 Å². The monoisotopic (exact) mass is 424 g/mol. The van der Waals surface area contributed by atoms with Crippen LogP contribution in [0.15, 0.2) is 23.1 Å². The summed E-state index contributed by atoms with van der Waals surface area (Å²) in [7, 11) is -2.37. The van der Waals surface area contributed by atoms with Crippen molar-refractivity contribution in [1.29, 1.82) is 0 Å².